The molecule has 1 N–H and O–H groups in total. The zero-order chi connectivity index (χ0) is 11.0. The second-order valence-corrected chi connectivity index (χ2v) is 4.68. The van der Waals surface area contributed by atoms with Gasteiger partial charge in [-0.3, -0.25) is 4.79 Å². The molecule has 16 heavy (non-hydrogen) atoms. The first kappa shape index (κ1) is 9.85. The maximum Gasteiger partial charge on any atom is 0.314 e. The average molecular weight is 217 g/mol. The summed E-state index contributed by atoms with van der Waals surface area (Å²) in [7, 11) is 0. The summed E-state index contributed by atoms with van der Waals surface area (Å²) in [6.45, 7) is 1.35. The lowest BCUT2D eigenvalue weighted by atomic mass is 10.1. The summed E-state index contributed by atoms with van der Waals surface area (Å²) >= 11 is 0. The molecule has 0 spiro atoms. The number of fused-ring (bicyclic) bond motifs is 1. The van der Waals surface area contributed by atoms with Crippen LogP contribution in [0.25, 0.3) is 0 Å². The predicted octanol–water partition coefficient (Wildman–Crippen LogP) is 1.48. The molecule has 1 aromatic rings. The summed E-state index contributed by atoms with van der Waals surface area (Å²) < 4.78 is 5.38. The van der Waals surface area contributed by atoms with Gasteiger partial charge in [-0.25, -0.2) is 0 Å². The highest BCUT2D eigenvalue weighted by Crippen LogP contribution is 2.53. The minimum absolute atomic E-state index is 0.0219. The van der Waals surface area contributed by atoms with Gasteiger partial charge in [-0.05, 0) is 24.9 Å². The molecule has 84 valence electrons. The van der Waals surface area contributed by atoms with Crippen LogP contribution < -0.4 is 5.32 Å². The Labute approximate surface area is 94.8 Å². The molecule has 3 nitrogen and oxygen atoms in total. The molecule has 1 saturated heterocycles. The summed E-state index contributed by atoms with van der Waals surface area (Å²) in [6.07, 6.45) is 1.89. The first-order valence-corrected chi connectivity index (χ1v) is 5.76. The van der Waals surface area contributed by atoms with Crippen molar-refractivity contribution in [1.82, 2.24) is 5.32 Å². The van der Waals surface area contributed by atoms with Crippen LogP contribution in [0.5, 0.6) is 0 Å². The number of carbonyl (C=O) groups is 1. The van der Waals surface area contributed by atoms with E-state index in [-0.39, 0.29) is 11.4 Å². The Bertz CT molecular complexity index is 404. The normalized spacial score (nSPS) is 30.9. The van der Waals surface area contributed by atoms with Gasteiger partial charge in [0.2, 0.25) is 0 Å². The van der Waals surface area contributed by atoms with Crippen LogP contribution in [0.15, 0.2) is 30.3 Å². The average Bonchev–Trinajstić information content (AvgIpc) is 2.90. The molecule has 2 fully saturated rings. The van der Waals surface area contributed by atoms with E-state index in [1.54, 1.807) is 0 Å². The molecule has 3 heteroatoms. The first-order valence-electron chi connectivity index (χ1n) is 5.76. The van der Waals surface area contributed by atoms with Gasteiger partial charge in [0.15, 0.2) is 0 Å². The number of hydrogen-bond acceptors (Lipinski definition) is 3. The van der Waals surface area contributed by atoms with Crippen molar-refractivity contribution in [2.75, 3.05) is 6.54 Å². The molecule has 0 bridgehead atoms. The van der Waals surface area contributed by atoms with E-state index in [0.29, 0.717) is 12.6 Å². The standard InChI is InChI=1S/C13H15NO2/c15-12(13-6-7-14-11(13)8-13)16-9-10-4-2-1-3-5-10/h1-5,11,14H,6-9H2. The molecule has 1 aromatic carbocycles. The van der Waals surface area contributed by atoms with Crippen molar-refractivity contribution in [3.8, 4) is 0 Å². The maximum atomic E-state index is 11.9. The fourth-order valence-corrected chi connectivity index (χ4v) is 2.51. The SMILES string of the molecule is O=C(OCc1ccccc1)C12CCNC1C2. The van der Waals surface area contributed by atoms with E-state index in [1.165, 1.54) is 0 Å². The number of ether oxygens (including phenoxy) is 1. The third-order valence-electron chi connectivity index (χ3n) is 3.66. The van der Waals surface area contributed by atoms with Gasteiger partial charge in [0, 0.05) is 6.04 Å². The number of hydrogen-bond donors (Lipinski definition) is 1. The summed E-state index contributed by atoms with van der Waals surface area (Å²) in [5.41, 5.74) is 0.879. The lowest BCUT2D eigenvalue weighted by molar-refractivity contribution is -0.151. The lowest BCUT2D eigenvalue weighted by Crippen LogP contribution is -2.20. The van der Waals surface area contributed by atoms with Crippen LogP contribution in [0.1, 0.15) is 18.4 Å². The minimum Gasteiger partial charge on any atom is -0.460 e. The van der Waals surface area contributed by atoms with Crippen LogP contribution in [-0.2, 0) is 16.1 Å². The van der Waals surface area contributed by atoms with E-state index in [9.17, 15) is 4.79 Å². The fraction of sp³-hybridized carbons (Fsp3) is 0.462. The van der Waals surface area contributed by atoms with Crippen molar-refractivity contribution in [1.29, 1.82) is 0 Å². The highest BCUT2D eigenvalue weighted by Gasteiger charge is 2.63. The van der Waals surface area contributed by atoms with Crippen molar-refractivity contribution in [3.05, 3.63) is 35.9 Å². The zero-order valence-electron chi connectivity index (χ0n) is 9.11. The molecule has 1 aliphatic heterocycles. The minimum atomic E-state index is -0.172. The van der Waals surface area contributed by atoms with Gasteiger partial charge >= 0.3 is 5.97 Å². The molecule has 2 atom stereocenters. The Kier molecular flexibility index (Phi) is 2.21. The topological polar surface area (TPSA) is 38.3 Å². The number of rotatable bonds is 3. The van der Waals surface area contributed by atoms with Crippen LogP contribution >= 0.6 is 0 Å². The largest absolute Gasteiger partial charge is 0.460 e. The smallest absolute Gasteiger partial charge is 0.314 e. The van der Waals surface area contributed by atoms with Gasteiger partial charge in [0.25, 0.3) is 0 Å². The Hall–Kier alpha value is -1.35. The zero-order valence-corrected chi connectivity index (χ0v) is 9.11. The Morgan fingerprint density at radius 3 is 2.88 bits per heavy atom. The lowest BCUT2D eigenvalue weighted by Gasteiger charge is -2.10. The summed E-state index contributed by atoms with van der Waals surface area (Å²) in [5.74, 6) is -0.0219. The van der Waals surface area contributed by atoms with E-state index in [4.69, 9.17) is 4.74 Å². The molecule has 0 amide bonds. The van der Waals surface area contributed by atoms with Gasteiger partial charge in [-0.15, -0.1) is 0 Å². The number of esters is 1. The third-order valence-corrected chi connectivity index (χ3v) is 3.66. The van der Waals surface area contributed by atoms with Gasteiger partial charge in [-0.2, -0.15) is 0 Å². The number of piperidine rings is 1. The van der Waals surface area contributed by atoms with Gasteiger partial charge in [0.1, 0.15) is 6.61 Å². The molecule has 0 aromatic heterocycles. The molecule has 0 radical (unpaired) electrons. The quantitative estimate of drug-likeness (QED) is 0.779. The Morgan fingerprint density at radius 2 is 2.25 bits per heavy atom. The van der Waals surface area contributed by atoms with Gasteiger partial charge in [-0.1, -0.05) is 30.3 Å². The molecule has 1 aliphatic carbocycles. The van der Waals surface area contributed by atoms with Crippen molar-refractivity contribution >= 4 is 5.97 Å². The van der Waals surface area contributed by atoms with Crippen molar-refractivity contribution < 1.29 is 9.53 Å². The van der Waals surface area contributed by atoms with Crippen LogP contribution in [0.3, 0.4) is 0 Å². The fourth-order valence-electron chi connectivity index (χ4n) is 2.51. The van der Waals surface area contributed by atoms with Crippen molar-refractivity contribution in [2.24, 2.45) is 5.41 Å². The van der Waals surface area contributed by atoms with E-state index in [1.807, 2.05) is 30.3 Å². The van der Waals surface area contributed by atoms with E-state index >= 15 is 0 Å². The molecule has 3 rings (SSSR count). The molecular weight excluding hydrogens is 202 g/mol. The maximum absolute atomic E-state index is 11.9. The first-order chi connectivity index (χ1) is 7.81. The number of nitrogens with one attached hydrogen (secondary N) is 1. The highest BCUT2D eigenvalue weighted by molar-refractivity contribution is 5.82. The molecule has 2 aliphatic rings. The molecular formula is C13H15NO2. The van der Waals surface area contributed by atoms with Crippen molar-refractivity contribution in [3.63, 3.8) is 0 Å². The number of carbonyl (C=O) groups excluding carboxylic acids is 1. The van der Waals surface area contributed by atoms with Crippen LogP contribution in [0, 0.1) is 5.41 Å². The van der Waals surface area contributed by atoms with Gasteiger partial charge < -0.3 is 10.1 Å². The van der Waals surface area contributed by atoms with Crippen LogP contribution in [0.2, 0.25) is 0 Å². The monoisotopic (exact) mass is 217 g/mol. The Morgan fingerprint density at radius 1 is 1.44 bits per heavy atom. The van der Waals surface area contributed by atoms with E-state index in [0.717, 1.165) is 24.9 Å². The second-order valence-electron chi connectivity index (χ2n) is 4.68. The Balaban J connectivity index is 1.58. The third kappa shape index (κ3) is 1.52. The predicted molar refractivity (Wildman–Crippen MR) is 59.7 cm³/mol. The summed E-state index contributed by atoms with van der Waals surface area (Å²) in [5, 5.41) is 3.31. The van der Waals surface area contributed by atoms with Crippen LogP contribution in [0.4, 0.5) is 0 Å². The van der Waals surface area contributed by atoms with E-state index < -0.39 is 0 Å². The second kappa shape index (κ2) is 3.59. The van der Waals surface area contributed by atoms with Crippen molar-refractivity contribution in [2.45, 2.75) is 25.5 Å². The van der Waals surface area contributed by atoms with E-state index in [2.05, 4.69) is 5.32 Å². The molecule has 1 saturated carbocycles. The highest BCUT2D eigenvalue weighted by atomic mass is 16.5. The van der Waals surface area contributed by atoms with Crippen LogP contribution in [-0.4, -0.2) is 18.6 Å². The molecule has 1 heterocycles. The molecule has 2 unspecified atom stereocenters. The summed E-state index contributed by atoms with van der Waals surface area (Å²) in [4.78, 5) is 11.9. The van der Waals surface area contributed by atoms with Gasteiger partial charge in [0.05, 0.1) is 5.41 Å². The summed E-state index contributed by atoms with van der Waals surface area (Å²) in [6, 6.07) is 10.2. The number of benzene rings is 1.